The molecule has 0 atom stereocenters. The summed E-state index contributed by atoms with van der Waals surface area (Å²) in [5, 5.41) is 9.34. The van der Waals surface area contributed by atoms with E-state index in [0.29, 0.717) is 13.0 Å². The zero-order valence-electron chi connectivity index (χ0n) is 9.91. The largest absolute Gasteiger partial charge is 0.388 e. The van der Waals surface area contributed by atoms with E-state index in [9.17, 15) is 0 Å². The quantitative estimate of drug-likeness (QED) is 0.571. The lowest BCUT2D eigenvalue weighted by Crippen LogP contribution is -2.30. The van der Waals surface area contributed by atoms with Crippen molar-refractivity contribution >= 4 is 33.1 Å². The summed E-state index contributed by atoms with van der Waals surface area (Å²) in [4.78, 5) is 3.56. The molecule has 0 saturated heterocycles. The van der Waals surface area contributed by atoms with Gasteiger partial charge in [-0.3, -0.25) is 10.3 Å². The standard InChI is InChI=1S/C11H18BrN3OS/c1-16-5-4-15(3-2-11(13)14)7-10-6-9(12)8-17-10/h6,8H,2-5,7H2,1H3,(H3,13,14). The highest BCUT2D eigenvalue weighted by Crippen LogP contribution is 2.21. The minimum Gasteiger partial charge on any atom is -0.388 e. The van der Waals surface area contributed by atoms with E-state index in [1.807, 2.05) is 0 Å². The van der Waals surface area contributed by atoms with Crippen molar-refractivity contribution in [2.75, 3.05) is 26.8 Å². The van der Waals surface area contributed by atoms with Crippen molar-refractivity contribution in [3.05, 3.63) is 20.8 Å². The summed E-state index contributed by atoms with van der Waals surface area (Å²) in [6, 6.07) is 2.12. The highest BCUT2D eigenvalue weighted by atomic mass is 79.9. The number of hydrogen-bond acceptors (Lipinski definition) is 4. The number of rotatable bonds is 8. The molecule has 0 amide bonds. The fourth-order valence-corrected chi connectivity index (χ4v) is 2.92. The number of ether oxygens (including phenoxy) is 1. The number of hydrogen-bond donors (Lipinski definition) is 2. The van der Waals surface area contributed by atoms with Gasteiger partial charge in [-0.1, -0.05) is 0 Å². The highest BCUT2D eigenvalue weighted by molar-refractivity contribution is 9.10. The van der Waals surface area contributed by atoms with E-state index < -0.39 is 0 Å². The fourth-order valence-electron chi connectivity index (χ4n) is 1.43. The van der Waals surface area contributed by atoms with Crippen LogP contribution < -0.4 is 5.73 Å². The number of nitrogens with one attached hydrogen (secondary N) is 1. The van der Waals surface area contributed by atoms with Crippen LogP contribution >= 0.6 is 27.3 Å². The Morgan fingerprint density at radius 1 is 1.59 bits per heavy atom. The maximum atomic E-state index is 7.26. The van der Waals surface area contributed by atoms with E-state index in [4.69, 9.17) is 15.9 Å². The van der Waals surface area contributed by atoms with Crippen LogP contribution in [0.25, 0.3) is 0 Å². The second-order valence-electron chi connectivity index (χ2n) is 3.78. The summed E-state index contributed by atoms with van der Waals surface area (Å²) < 4.78 is 6.21. The first kappa shape index (κ1) is 14.6. The van der Waals surface area contributed by atoms with Gasteiger partial charge in [-0.05, 0) is 22.0 Å². The van der Waals surface area contributed by atoms with E-state index in [-0.39, 0.29) is 5.84 Å². The van der Waals surface area contributed by atoms with Crippen molar-refractivity contribution in [3.63, 3.8) is 0 Å². The average Bonchev–Trinajstić information content (AvgIpc) is 2.68. The van der Waals surface area contributed by atoms with E-state index in [1.54, 1.807) is 18.4 Å². The molecule has 0 aliphatic heterocycles. The Morgan fingerprint density at radius 3 is 2.88 bits per heavy atom. The third-order valence-electron chi connectivity index (χ3n) is 2.31. The molecule has 0 fully saturated rings. The molecule has 1 aromatic heterocycles. The number of amidine groups is 1. The predicted octanol–water partition coefficient (Wildman–Crippen LogP) is 2.29. The van der Waals surface area contributed by atoms with E-state index in [2.05, 4.69) is 32.3 Å². The number of nitrogens with zero attached hydrogens (tertiary/aromatic N) is 1. The Hall–Kier alpha value is -0.430. The van der Waals surface area contributed by atoms with Gasteiger partial charge in [0.05, 0.1) is 12.4 Å². The molecule has 0 aromatic carbocycles. The normalized spacial score (nSPS) is 11.0. The first-order valence-electron chi connectivity index (χ1n) is 5.39. The van der Waals surface area contributed by atoms with Gasteiger partial charge in [-0.15, -0.1) is 11.3 Å². The van der Waals surface area contributed by atoms with Crippen molar-refractivity contribution in [2.45, 2.75) is 13.0 Å². The van der Waals surface area contributed by atoms with Crippen molar-refractivity contribution in [1.29, 1.82) is 5.41 Å². The second-order valence-corrected chi connectivity index (χ2v) is 5.69. The Morgan fingerprint density at radius 2 is 2.35 bits per heavy atom. The minimum absolute atomic E-state index is 0.236. The van der Waals surface area contributed by atoms with E-state index >= 15 is 0 Å². The molecule has 0 saturated carbocycles. The van der Waals surface area contributed by atoms with Crippen LogP contribution in [0.2, 0.25) is 0 Å². The van der Waals surface area contributed by atoms with Gasteiger partial charge in [0.15, 0.2) is 0 Å². The zero-order valence-corrected chi connectivity index (χ0v) is 12.3. The van der Waals surface area contributed by atoms with Gasteiger partial charge in [0, 0.05) is 47.9 Å². The molecule has 1 aromatic rings. The molecule has 6 heteroatoms. The van der Waals surface area contributed by atoms with Crippen molar-refractivity contribution < 1.29 is 4.74 Å². The lowest BCUT2D eigenvalue weighted by Gasteiger charge is -2.20. The Balaban J connectivity index is 2.47. The topological polar surface area (TPSA) is 62.3 Å². The molecule has 0 radical (unpaired) electrons. The summed E-state index contributed by atoms with van der Waals surface area (Å²) in [5.74, 6) is 0.236. The first-order valence-corrected chi connectivity index (χ1v) is 7.06. The van der Waals surface area contributed by atoms with Crippen LogP contribution in [0.3, 0.4) is 0 Å². The van der Waals surface area contributed by atoms with Gasteiger partial charge >= 0.3 is 0 Å². The molecule has 3 N–H and O–H groups in total. The monoisotopic (exact) mass is 319 g/mol. The van der Waals surface area contributed by atoms with Gasteiger partial charge in [0.2, 0.25) is 0 Å². The Bertz CT molecular complexity index is 356. The Kier molecular flexibility index (Phi) is 6.72. The Labute approximate surface area is 114 Å². The molecule has 0 unspecified atom stereocenters. The van der Waals surface area contributed by atoms with Crippen molar-refractivity contribution in [3.8, 4) is 0 Å². The maximum Gasteiger partial charge on any atom is 0.0918 e. The summed E-state index contributed by atoms with van der Waals surface area (Å²) in [6.07, 6.45) is 0.607. The third-order valence-corrected chi connectivity index (χ3v) is 3.99. The lowest BCUT2D eigenvalue weighted by atomic mass is 10.3. The molecular weight excluding hydrogens is 302 g/mol. The fraction of sp³-hybridized carbons (Fsp3) is 0.545. The first-order chi connectivity index (χ1) is 8.11. The summed E-state index contributed by atoms with van der Waals surface area (Å²) in [6.45, 7) is 3.24. The molecule has 0 bridgehead atoms. The zero-order chi connectivity index (χ0) is 12.7. The summed E-state index contributed by atoms with van der Waals surface area (Å²) in [7, 11) is 1.70. The number of halogens is 1. The molecular formula is C11H18BrN3OS. The van der Waals surface area contributed by atoms with Gasteiger partial charge in [-0.2, -0.15) is 0 Å². The van der Waals surface area contributed by atoms with Gasteiger partial charge in [0.1, 0.15) is 0 Å². The number of methoxy groups -OCH3 is 1. The number of nitrogens with two attached hydrogens (primary N) is 1. The molecule has 1 heterocycles. The van der Waals surface area contributed by atoms with Crippen LogP contribution in [0.5, 0.6) is 0 Å². The van der Waals surface area contributed by atoms with Crippen LogP contribution in [-0.2, 0) is 11.3 Å². The average molecular weight is 320 g/mol. The second kappa shape index (κ2) is 7.81. The molecule has 1 rings (SSSR count). The minimum atomic E-state index is 0.236. The summed E-state index contributed by atoms with van der Waals surface area (Å²) in [5.41, 5.74) is 5.39. The smallest absolute Gasteiger partial charge is 0.0918 e. The van der Waals surface area contributed by atoms with Crippen LogP contribution in [-0.4, -0.2) is 37.5 Å². The third kappa shape index (κ3) is 6.16. The van der Waals surface area contributed by atoms with E-state index in [1.165, 1.54) is 4.88 Å². The molecule has 17 heavy (non-hydrogen) atoms. The van der Waals surface area contributed by atoms with Gasteiger partial charge in [-0.25, -0.2) is 0 Å². The number of thiophene rings is 1. The molecule has 0 aliphatic rings. The van der Waals surface area contributed by atoms with Crippen molar-refractivity contribution in [2.24, 2.45) is 5.73 Å². The van der Waals surface area contributed by atoms with Crippen LogP contribution in [0.15, 0.2) is 15.9 Å². The highest BCUT2D eigenvalue weighted by Gasteiger charge is 2.08. The van der Waals surface area contributed by atoms with Crippen LogP contribution in [0, 0.1) is 5.41 Å². The van der Waals surface area contributed by atoms with Gasteiger partial charge < -0.3 is 10.5 Å². The molecule has 0 spiro atoms. The molecule has 96 valence electrons. The molecule has 4 nitrogen and oxygen atoms in total. The summed E-state index contributed by atoms with van der Waals surface area (Å²) >= 11 is 5.18. The van der Waals surface area contributed by atoms with Crippen LogP contribution in [0.4, 0.5) is 0 Å². The maximum absolute atomic E-state index is 7.26. The van der Waals surface area contributed by atoms with Crippen molar-refractivity contribution in [1.82, 2.24) is 4.90 Å². The predicted molar refractivity (Wildman–Crippen MR) is 75.7 cm³/mol. The van der Waals surface area contributed by atoms with Crippen LogP contribution in [0.1, 0.15) is 11.3 Å². The molecule has 0 aliphatic carbocycles. The lowest BCUT2D eigenvalue weighted by molar-refractivity contribution is 0.146. The SMILES string of the molecule is COCCN(CCC(=N)N)Cc1cc(Br)cs1. The van der Waals surface area contributed by atoms with Gasteiger partial charge in [0.25, 0.3) is 0 Å². The van der Waals surface area contributed by atoms with E-state index in [0.717, 1.165) is 24.1 Å².